The van der Waals surface area contributed by atoms with E-state index < -0.39 is 0 Å². The first kappa shape index (κ1) is 15.0. The molecule has 0 spiro atoms. The first-order valence-corrected chi connectivity index (χ1v) is 9.16. The molecule has 2 aliphatic heterocycles. The van der Waals surface area contributed by atoms with Gasteiger partial charge < -0.3 is 4.74 Å². The van der Waals surface area contributed by atoms with E-state index in [0.29, 0.717) is 12.6 Å². The van der Waals surface area contributed by atoms with E-state index in [0.717, 1.165) is 25.3 Å². The summed E-state index contributed by atoms with van der Waals surface area (Å²) in [6.45, 7) is 7.03. The monoisotopic (exact) mass is 329 g/mol. The molecule has 1 unspecified atom stereocenters. The average molecular weight is 329 g/mol. The third-order valence-corrected chi connectivity index (χ3v) is 6.11. The fourth-order valence-corrected chi connectivity index (χ4v) is 4.94. The number of rotatable bonds is 3. The maximum absolute atomic E-state index is 6.34. The van der Waals surface area contributed by atoms with Gasteiger partial charge in [-0.05, 0) is 30.0 Å². The molecule has 25 heavy (non-hydrogen) atoms. The van der Waals surface area contributed by atoms with Crippen molar-refractivity contribution in [1.29, 1.82) is 0 Å². The third kappa shape index (κ3) is 2.28. The fraction of sp³-hybridized carbons (Fsp3) is 0.304. The van der Waals surface area contributed by atoms with Crippen LogP contribution in [0.4, 0.5) is 0 Å². The van der Waals surface area contributed by atoms with Crippen LogP contribution in [-0.4, -0.2) is 17.5 Å². The van der Waals surface area contributed by atoms with Crippen molar-refractivity contribution in [2.45, 2.75) is 37.5 Å². The lowest BCUT2D eigenvalue weighted by atomic mass is 9.66. The van der Waals surface area contributed by atoms with Gasteiger partial charge in [-0.3, -0.25) is 4.90 Å². The topological polar surface area (TPSA) is 12.5 Å². The van der Waals surface area contributed by atoms with Gasteiger partial charge in [0.2, 0.25) is 0 Å². The Morgan fingerprint density at radius 1 is 1.12 bits per heavy atom. The SMILES string of the molecule is C=C1C=C[C@]23CCN(Cc4cccc(OCc5ccccc5)c42)[C@H]3C1. The highest BCUT2D eigenvalue weighted by atomic mass is 16.5. The number of fused-ring (bicyclic) bond motifs is 1. The molecule has 2 bridgehead atoms. The average Bonchev–Trinajstić information content (AvgIpc) is 2.90. The molecule has 0 N–H and O–H groups in total. The summed E-state index contributed by atoms with van der Waals surface area (Å²) in [4.78, 5) is 2.64. The summed E-state index contributed by atoms with van der Waals surface area (Å²) < 4.78 is 6.34. The highest BCUT2D eigenvalue weighted by molar-refractivity contribution is 5.55. The van der Waals surface area contributed by atoms with Crippen molar-refractivity contribution in [2.75, 3.05) is 6.54 Å². The van der Waals surface area contributed by atoms with Crippen LogP contribution >= 0.6 is 0 Å². The van der Waals surface area contributed by atoms with Gasteiger partial charge in [0, 0.05) is 30.1 Å². The Morgan fingerprint density at radius 2 is 2.00 bits per heavy atom. The van der Waals surface area contributed by atoms with E-state index in [1.54, 1.807) is 0 Å². The second-order valence-corrected chi connectivity index (χ2v) is 7.54. The van der Waals surface area contributed by atoms with Gasteiger partial charge >= 0.3 is 0 Å². The minimum atomic E-state index is 0.0993. The van der Waals surface area contributed by atoms with Crippen molar-refractivity contribution in [1.82, 2.24) is 4.90 Å². The van der Waals surface area contributed by atoms with Gasteiger partial charge in [0.25, 0.3) is 0 Å². The van der Waals surface area contributed by atoms with E-state index in [4.69, 9.17) is 4.74 Å². The smallest absolute Gasteiger partial charge is 0.124 e. The highest BCUT2D eigenvalue weighted by Crippen LogP contribution is 2.54. The molecule has 2 aromatic carbocycles. The lowest BCUT2D eigenvalue weighted by molar-refractivity contribution is 0.187. The number of nitrogens with zero attached hydrogens (tertiary/aromatic N) is 1. The Labute approximate surface area is 149 Å². The van der Waals surface area contributed by atoms with Crippen LogP contribution in [0.3, 0.4) is 0 Å². The molecule has 2 aromatic rings. The Kier molecular flexibility index (Phi) is 3.36. The van der Waals surface area contributed by atoms with E-state index in [-0.39, 0.29) is 5.41 Å². The van der Waals surface area contributed by atoms with Crippen LogP contribution in [0.2, 0.25) is 0 Å². The molecule has 3 aliphatic rings. The van der Waals surface area contributed by atoms with Crippen molar-refractivity contribution in [3.05, 3.63) is 89.5 Å². The Balaban J connectivity index is 1.56. The lowest BCUT2D eigenvalue weighted by Crippen LogP contribution is -2.47. The number of benzene rings is 2. The molecule has 1 saturated heterocycles. The molecule has 3 atom stereocenters. The summed E-state index contributed by atoms with van der Waals surface area (Å²) in [5.41, 5.74) is 5.41. The van der Waals surface area contributed by atoms with E-state index in [1.165, 1.54) is 28.7 Å². The molecular weight excluding hydrogens is 306 g/mol. The molecule has 0 aromatic heterocycles. The number of ether oxygens (including phenoxy) is 1. The first-order chi connectivity index (χ1) is 12.3. The lowest BCUT2D eigenvalue weighted by Gasteiger charge is -2.45. The van der Waals surface area contributed by atoms with Crippen LogP contribution in [0, 0.1) is 0 Å². The molecular formula is C23H23NO. The fourth-order valence-electron chi connectivity index (χ4n) is 4.94. The van der Waals surface area contributed by atoms with Crippen LogP contribution in [0.25, 0.3) is 0 Å². The maximum atomic E-state index is 6.34. The Morgan fingerprint density at radius 3 is 2.88 bits per heavy atom. The zero-order valence-corrected chi connectivity index (χ0v) is 14.4. The molecule has 5 rings (SSSR count). The van der Waals surface area contributed by atoms with Crippen LogP contribution in [0.5, 0.6) is 5.75 Å². The number of hydrogen-bond acceptors (Lipinski definition) is 2. The summed E-state index contributed by atoms with van der Waals surface area (Å²) in [7, 11) is 0. The second kappa shape index (κ2) is 5.60. The predicted octanol–water partition coefficient (Wildman–Crippen LogP) is 4.61. The predicted molar refractivity (Wildman–Crippen MR) is 101 cm³/mol. The summed E-state index contributed by atoms with van der Waals surface area (Å²) in [5.74, 6) is 1.06. The zero-order chi connectivity index (χ0) is 16.9. The van der Waals surface area contributed by atoms with Gasteiger partial charge in [0.15, 0.2) is 0 Å². The van der Waals surface area contributed by atoms with Crippen molar-refractivity contribution >= 4 is 0 Å². The van der Waals surface area contributed by atoms with Gasteiger partial charge in [-0.15, -0.1) is 0 Å². The third-order valence-electron chi connectivity index (χ3n) is 6.11. The highest BCUT2D eigenvalue weighted by Gasteiger charge is 2.53. The Bertz CT molecular complexity index is 854. The minimum Gasteiger partial charge on any atom is -0.489 e. The standard InChI is InChI=1S/C23H23NO/c1-17-10-11-23-12-13-24(21(23)14-17)15-19-8-5-9-20(22(19)23)25-16-18-6-3-2-4-7-18/h2-11,21H,1,12-16H2/t21-,23+/m0/s1. The van der Waals surface area contributed by atoms with Gasteiger partial charge in [-0.1, -0.05) is 66.8 Å². The number of allylic oxidation sites excluding steroid dienone is 1. The molecule has 2 heteroatoms. The molecule has 1 fully saturated rings. The maximum Gasteiger partial charge on any atom is 0.124 e. The molecule has 0 radical (unpaired) electrons. The molecule has 2 nitrogen and oxygen atoms in total. The van der Waals surface area contributed by atoms with E-state index in [1.807, 2.05) is 6.07 Å². The van der Waals surface area contributed by atoms with Crippen molar-refractivity contribution < 1.29 is 4.74 Å². The van der Waals surface area contributed by atoms with Crippen molar-refractivity contribution in [2.24, 2.45) is 0 Å². The molecule has 126 valence electrons. The molecule has 2 heterocycles. The summed E-state index contributed by atoms with van der Waals surface area (Å²) in [6, 6.07) is 17.5. The van der Waals surface area contributed by atoms with Crippen LogP contribution in [0.15, 0.2) is 72.8 Å². The largest absolute Gasteiger partial charge is 0.489 e. The van der Waals surface area contributed by atoms with Gasteiger partial charge in [0.1, 0.15) is 12.4 Å². The first-order valence-electron chi connectivity index (χ1n) is 9.16. The van der Waals surface area contributed by atoms with E-state index >= 15 is 0 Å². The molecule has 0 saturated carbocycles. The van der Waals surface area contributed by atoms with Crippen LogP contribution < -0.4 is 4.74 Å². The van der Waals surface area contributed by atoms with E-state index in [9.17, 15) is 0 Å². The minimum absolute atomic E-state index is 0.0993. The summed E-state index contributed by atoms with van der Waals surface area (Å²) in [5, 5.41) is 0. The van der Waals surface area contributed by atoms with Crippen LogP contribution in [-0.2, 0) is 18.6 Å². The molecule has 1 aliphatic carbocycles. The van der Waals surface area contributed by atoms with Gasteiger partial charge in [-0.2, -0.15) is 0 Å². The van der Waals surface area contributed by atoms with Crippen molar-refractivity contribution in [3.63, 3.8) is 0 Å². The van der Waals surface area contributed by atoms with Crippen molar-refractivity contribution in [3.8, 4) is 5.75 Å². The van der Waals surface area contributed by atoms with E-state index in [2.05, 4.69) is 66.1 Å². The van der Waals surface area contributed by atoms with Gasteiger partial charge in [-0.25, -0.2) is 0 Å². The van der Waals surface area contributed by atoms with Crippen LogP contribution in [0.1, 0.15) is 29.5 Å². The Hall–Kier alpha value is -2.32. The summed E-state index contributed by atoms with van der Waals surface area (Å²) >= 11 is 0. The molecule has 0 amide bonds. The number of hydrogen-bond donors (Lipinski definition) is 0. The van der Waals surface area contributed by atoms with Gasteiger partial charge in [0.05, 0.1) is 0 Å². The zero-order valence-electron chi connectivity index (χ0n) is 14.4. The summed E-state index contributed by atoms with van der Waals surface area (Å²) in [6.07, 6.45) is 6.91. The normalized spacial score (nSPS) is 29.2. The second-order valence-electron chi connectivity index (χ2n) is 7.54. The quantitative estimate of drug-likeness (QED) is 0.815.